The Morgan fingerprint density at radius 1 is 1.12 bits per heavy atom. The van der Waals surface area contributed by atoms with Crippen LogP contribution in [0.3, 0.4) is 0 Å². The van der Waals surface area contributed by atoms with Gasteiger partial charge in [0.05, 0.1) is 17.1 Å². The van der Waals surface area contributed by atoms with Crippen molar-refractivity contribution < 1.29 is 9.53 Å². The number of fused-ring (bicyclic) bond motifs is 1. The van der Waals surface area contributed by atoms with E-state index < -0.39 is 0 Å². The number of nitrogens with zero attached hydrogens (tertiary/aromatic N) is 2. The molecule has 3 aromatic rings. The third kappa shape index (κ3) is 3.36. The molecule has 25 heavy (non-hydrogen) atoms. The molecule has 2 aromatic carbocycles. The van der Waals surface area contributed by atoms with Crippen LogP contribution in [0, 0.1) is 0 Å². The molecule has 1 N–H and O–H groups in total. The maximum atomic E-state index is 12.6. The summed E-state index contributed by atoms with van der Waals surface area (Å²) in [4.78, 5) is 22.5. The highest BCUT2D eigenvalue weighted by Crippen LogP contribution is 2.31. The molecule has 1 fully saturated rings. The number of rotatable bonds is 3. The number of para-hydroxylation sites is 2. The van der Waals surface area contributed by atoms with Gasteiger partial charge < -0.3 is 9.72 Å². The number of aromatic nitrogens is 2. The van der Waals surface area contributed by atoms with E-state index in [1.165, 1.54) is 0 Å². The molecule has 0 aliphatic carbocycles. The lowest BCUT2D eigenvalue weighted by molar-refractivity contribution is 0.0661. The van der Waals surface area contributed by atoms with Crippen LogP contribution >= 0.6 is 0 Å². The fourth-order valence-corrected chi connectivity index (χ4v) is 3.37. The second kappa shape index (κ2) is 6.97. The van der Waals surface area contributed by atoms with Crippen molar-refractivity contribution in [3.8, 4) is 0 Å². The first-order chi connectivity index (χ1) is 12.3. The van der Waals surface area contributed by atoms with Gasteiger partial charge in [-0.2, -0.15) is 0 Å². The van der Waals surface area contributed by atoms with Crippen molar-refractivity contribution in [2.24, 2.45) is 0 Å². The van der Waals surface area contributed by atoms with Crippen molar-refractivity contribution in [3.05, 3.63) is 66.0 Å². The standard InChI is InChI=1S/C20H21N3O2/c24-20(25-14-15-8-2-1-3-9-15)23-13-7-6-12-18(23)19-21-16-10-4-5-11-17(16)22-19/h1-5,8-11,18H,6-7,12-14H2,(H,21,22). The van der Waals surface area contributed by atoms with Crippen molar-refractivity contribution in [2.45, 2.75) is 31.9 Å². The Hall–Kier alpha value is -2.82. The molecule has 1 atom stereocenters. The molecule has 2 heterocycles. The summed E-state index contributed by atoms with van der Waals surface area (Å²) < 4.78 is 5.54. The number of nitrogens with one attached hydrogen (secondary N) is 1. The average Bonchev–Trinajstić information content (AvgIpc) is 3.11. The normalized spacial score (nSPS) is 17.6. The summed E-state index contributed by atoms with van der Waals surface area (Å²) in [6.07, 6.45) is 2.72. The van der Waals surface area contributed by atoms with Gasteiger partial charge in [-0.05, 0) is 37.0 Å². The number of piperidine rings is 1. The number of aromatic amines is 1. The Balaban J connectivity index is 1.51. The van der Waals surface area contributed by atoms with Gasteiger partial charge in [-0.25, -0.2) is 9.78 Å². The van der Waals surface area contributed by atoms with Crippen molar-refractivity contribution in [2.75, 3.05) is 6.54 Å². The number of hydrogen-bond acceptors (Lipinski definition) is 3. The predicted octanol–water partition coefficient (Wildman–Crippen LogP) is 4.43. The van der Waals surface area contributed by atoms with Gasteiger partial charge in [-0.1, -0.05) is 42.5 Å². The van der Waals surface area contributed by atoms with Crippen LogP contribution < -0.4 is 0 Å². The lowest BCUT2D eigenvalue weighted by atomic mass is 10.0. The fourth-order valence-electron chi connectivity index (χ4n) is 3.37. The van der Waals surface area contributed by atoms with Crippen LogP contribution in [0.4, 0.5) is 4.79 Å². The Morgan fingerprint density at radius 2 is 1.92 bits per heavy atom. The number of likely N-dealkylation sites (tertiary alicyclic amines) is 1. The number of hydrogen-bond donors (Lipinski definition) is 1. The van der Waals surface area contributed by atoms with Gasteiger partial charge in [-0.15, -0.1) is 0 Å². The summed E-state index contributed by atoms with van der Waals surface area (Å²) in [5.41, 5.74) is 2.93. The van der Waals surface area contributed by atoms with Crippen molar-refractivity contribution >= 4 is 17.1 Å². The quantitative estimate of drug-likeness (QED) is 0.770. The van der Waals surface area contributed by atoms with Crippen LogP contribution in [-0.4, -0.2) is 27.5 Å². The van der Waals surface area contributed by atoms with E-state index in [4.69, 9.17) is 4.74 Å². The second-order valence-electron chi connectivity index (χ2n) is 6.38. The molecule has 1 aliphatic rings. The van der Waals surface area contributed by atoms with Gasteiger partial charge in [0.25, 0.3) is 0 Å². The Labute approximate surface area is 146 Å². The van der Waals surface area contributed by atoms with Crippen LogP contribution in [0.5, 0.6) is 0 Å². The molecule has 0 bridgehead atoms. The van der Waals surface area contributed by atoms with Crippen molar-refractivity contribution in [1.82, 2.24) is 14.9 Å². The maximum Gasteiger partial charge on any atom is 0.410 e. The Morgan fingerprint density at radius 3 is 2.76 bits per heavy atom. The number of ether oxygens (including phenoxy) is 1. The van der Waals surface area contributed by atoms with Gasteiger partial charge >= 0.3 is 6.09 Å². The number of benzene rings is 2. The molecule has 5 nitrogen and oxygen atoms in total. The van der Waals surface area contributed by atoms with E-state index in [1.807, 2.05) is 59.5 Å². The van der Waals surface area contributed by atoms with Crippen LogP contribution in [-0.2, 0) is 11.3 Å². The van der Waals surface area contributed by atoms with Crippen molar-refractivity contribution in [1.29, 1.82) is 0 Å². The third-order valence-electron chi connectivity index (χ3n) is 4.67. The highest BCUT2D eigenvalue weighted by atomic mass is 16.6. The molecule has 128 valence electrons. The molecule has 1 amide bonds. The van der Waals surface area contributed by atoms with E-state index >= 15 is 0 Å². The molecule has 1 aromatic heterocycles. The van der Waals surface area contributed by atoms with Crippen LogP contribution in [0.1, 0.15) is 36.7 Å². The minimum atomic E-state index is -0.269. The zero-order chi connectivity index (χ0) is 17.1. The molecule has 1 unspecified atom stereocenters. The highest BCUT2D eigenvalue weighted by Gasteiger charge is 2.31. The van der Waals surface area contributed by atoms with Gasteiger partial charge in [0.15, 0.2) is 0 Å². The van der Waals surface area contributed by atoms with E-state index in [2.05, 4.69) is 9.97 Å². The number of amides is 1. The van der Waals surface area contributed by atoms with Crippen molar-refractivity contribution in [3.63, 3.8) is 0 Å². The number of H-pyrrole nitrogens is 1. The SMILES string of the molecule is O=C(OCc1ccccc1)N1CCCCC1c1nc2ccccc2[nH]1. The summed E-state index contributed by atoms with van der Waals surface area (Å²) in [6.45, 7) is 0.998. The lowest BCUT2D eigenvalue weighted by Crippen LogP contribution is -2.39. The van der Waals surface area contributed by atoms with Gasteiger partial charge in [0, 0.05) is 6.54 Å². The first-order valence-electron chi connectivity index (χ1n) is 8.73. The second-order valence-corrected chi connectivity index (χ2v) is 6.38. The van der Waals surface area contributed by atoms with E-state index in [0.717, 1.165) is 41.7 Å². The molecule has 5 heteroatoms. The van der Waals surface area contributed by atoms with Gasteiger partial charge in [0.1, 0.15) is 12.4 Å². The molecule has 0 spiro atoms. The molecule has 0 radical (unpaired) electrons. The third-order valence-corrected chi connectivity index (χ3v) is 4.67. The molecule has 1 saturated heterocycles. The maximum absolute atomic E-state index is 12.6. The molecular weight excluding hydrogens is 314 g/mol. The smallest absolute Gasteiger partial charge is 0.410 e. The summed E-state index contributed by atoms with van der Waals surface area (Å²) in [6, 6.07) is 17.7. The first kappa shape index (κ1) is 15.7. The molecule has 1 aliphatic heterocycles. The van der Waals surface area contributed by atoms with E-state index in [9.17, 15) is 4.79 Å². The predicted molar refractivity (Wildman–Crippen MR) is 96.0 cm³/mol. The first-order valence-corrected chi connectivity index (χ1v) is 8.73. The van der Waals surface area contributed by atoms with E-state index in [0.29, 0.717) is 13.2 Å². The minimum absolute atomic E-state index is 0.0515. The zero-order valence-corrected chi connectivity index (χ0v) is 14.0. The lowest BCUT2D eigenvalue weighted by Gasteiger charge is -2.33. The van der Waals surface area contributed by atoms with Gasteiger partial charge in [-0.3, -0.25) is 4.90 Å². The number of carbonyl (C=O) groups excluding carboxylic acids is 1. The van der Waals surface area contributed by atoms with Crippen LogP contribution in [0.25, 0.3) is 11.0 Å². The average molecular weight is 335 g/mol. The fraction of sp³-hybridized carbons (Fsp3) is 0.300. The van der Waals surface area contributed by atoms with Gasteiger partial charge in [0.2, 0.25) is 0 Å². The largest absolute Gasteiger partial charge is 0.445 e. The molecular formula is C20H21N3O2. The minimum Gasteiger partial charge on any atom is -0.445 e. The van der Waals surface area contributed by atoms with E-state index in [-0.39, 0.29) is 12.1 Å². The molecule has 0 saturated carbocycles. The molecule has 4 rings (SSSR count). The summed E-state index contributed by atoms with van der Waals surface area (Å²) in [5, 5.41) is 0. The number of imidazole rings is 1. The topological polar surface area (TPSA) is 58.2 Å². The summed E-state index contributed by atoms with van der Waals surface area (Å²) >= 11 is 0. The Bertz CT molecular complexity index is 827. The monoisotopic (exact) mass is 335 g/mol. The van der Waals surface area contributed by atoms with Crippen LogP contribution in [0.15, 0.2) is 54.6 Å². The summed E-state index contributed by atoms with van der Waals surface area (Å²) in [5.74, 6) is 0.845. The Kier molecular flexibility index (Phi) is 4.37. The summed E-state index contributed by atoms with van der Waals surface area (Å²) in [7, 11) is 0. The van der Waals surface area contributed by atoms with E-state index in [1.54, 1.807) is 0 Å². The number of carbonyl (C=O) groups is 1. The highest BCUT2D eigenvalue weighted by molar-refractivity contribution is 5.75. The van der Waals surface area contributed by atoms with Crippen LogP contribution in [0.2, 0.25) is 0 Å². The zero-order valence-electron chi connectivity index (χ0n) is 14.0.